The number of aromatic nitrogens is 1. The molecule has 0 spiro atoms. The maximum absolute atomic E-state index is 11.0. The zero-order valence-corrected chi connectivity index (χ0v) is 8.54. The van der Waals surface area contributed by atoms with Crippen LogP contribution >= 0.6 is 0 Å². The molecule has 1 aromatic heterocycles. The molecule has 0 bridgehead atoms. The van der Waals surface area contributed by atoms with Gasteiger partial charge < -0.3 is 15.6 Å². The van der Waals surface area contributed by atoms with E-state index in [9.17, 15) is 14.4 Å². The molecule has 0 unspecified atom stereocenters. The number of imide groups is 1. The molecule has 8 heteroatoms. The summed E-state index contributed by atoms with van der Waals surface area (Å²) >= 11 is 0. The molecule has 8 nitrogen and oxygen atoms in total. The minimum Gasteiger partial charge on any atom is -0.481 e. The third kappa shape index (κ3) is 3.78. The number of primary amides is 1. The maximum Gasteiger partial charge on any atom is 0.339 e. The van der Waals surface area contributed by atoms with E-state index in [0.29, 0.717) is 0 Å². The first kappa shape index (κ1) is 12.4. The molecular formula is C9H9N3O5. The number of aromatic carboxylic acids is 1. The van der Waals surface area contributed by atoms with Crippen LogP contribution in [-0.4, -0.2) is 34.6 Å². The monoisotopic (exact) mass is 239 g/mol. The highest BCUT2D eigenvalue weighted by Gasteiger charge is 2.12. The Hall–Kier alpha value is -2.64. The smallest absolute Gasteiger partial charge is 0.339 e. The van der Waals surface area contributed by atoms with Gasteiger partial charge in [0.25, 0.3) is 5.91 Å². The minimum atomic E-state index is -1.21. The van der Waals surface area contributed by atoms with Gasteiger partial charge in [-0.15, -0.1) is 0 Å². The highest BCUT2D eigenvalue weighted by atomic mass is 16.5. The van der Waals surface area contributed by atoms with Crippen LogP contribution in [0.25, 0.3) is 0 Å². The Morgan fingerprint density at radius 3 is 2.76 bits per heavy atom. The number of carboxylic acids is 1. The van der Waals surface area contributed by atoms with Crippen LogP contribution in [0.3, 0.4) is 0 Å². The summed E-state index contributed by atoms with van der Waals surface area (Å²) in [6, 6.07) is 0.215. The number of carboxylic acid groups (broad SMARTS) is 1. The second-order valence-corrected chi connectivity index (χ2v) is 2.88. The largest absolute Gasteiger partial charge is 0.481 e. The average molecular weight is 239 g/mol. The van der Waals surface area contributed by atoms with Gasteiger partial charge in [0, 0.05) is 6.20 Å². The molecule has 0 aliphatic carbocycles. The fraction of sp³-hybridized carbons (Fsp3) is 0.111. The first-order chi connectivity index (χ1) is 8.00. The zero-order valence-electron chi connectivity index (χ0n) is 8.54. The van der Waals surface area contributed by atoms with Crippen LogP contribution in [0, 0.1) is 0 Å². The van der Waals surface area contributed by atoms with Crippen molar-refractivity contribution < 1.29 is 24.2 Å². The number of carbonyl (C=O) groups excluding carboxylic acids is 2. The third-order valence-corrected chi connectivity index (χ3v) is 1.64. The molecule has 1 aromatic rings. The number of nitrogens with two attached hydrogens (primary N) is 1. The lowest BCUT2D eigenvalue weighted by molar-refractivity contribution is -0.121. The summed E-state index contributed by atoms with van der Waals surface area (Å²) in [6.45, 7) is -0.533. The zero-order chi connectivity index (χ0) is 12.8. The molecule has 0 aliphatic rings. The van der Waals surface area contributed by atoms with Crippen molar-refractivity contribution in [2.75, 3.05) is 6.61 Å². The Bertz CT molecular complexity index is 460. The second-order valence-electron chi connectivity index (χ2n) is 2.88. The second kappa shape index (κ2) is 5.45. The van der Waals surface area contributed by atoms with Gasteiger partial charge in [0.1, 0.15) is 5.56 Å². The minimum absolute atomic E-state index is 0.0698. The van der Waals surface area contributed by atoms with E-state index < -0.39 is 24.5 Å². The Balaban J connectivity index is 2.66. The fourth-order valence-electron chi connectivity index (χ4n) is 0.988. The van der Waals surface area contributed by atoms with Gasteiger partial charge in [0.2, 0.25) is 0 Å². The van der Waals surface area contributed by atoms with Crippen LogP contribution in [0.15, 0.2) is 18.5 Å². The summed E-state index contributed by atoms with van der Waals surface area (Å²) in [5.74, 6) is -2.06. The number of hydrogen-bond acceptors (Lipinski definition) is 5. The van der Waals surface area contributed by atoms with Gasteiger partial charge in [0.15, 0.2) is 12.4 Å². The predicted octanol–water partition coefficient (Wildman–Crippen LogP) is -0.646. The van der Waals surface area contributed by atoms with E-state index in [1.165, 1.54) is 12.3 Å². The van der Waals surface area contributed by atoms with Crippen LogP contribution in [-0.2, 0) is 4.79 Å². The van der Waals surface area contributed by atoms with Crippen molar-refractivity contribution in [3.8, 4) is 5.75 Å². The number of carbonyl (C=O) groups is 3. The van der Waals surface area contributed by atoms with Crippen molar-refractivity contribution in [1.29, 1.82) is 0 Å². The van der Waals surface area contributed by atoms with Crippen LogP contribution in [0.5, 0.6) is 5.75 Å². The number of pyridine rings is 1. The maximum atomic E-state index is 11.0. The summed E-state index contributed by atoms with van der Waals surface area (Å²) in [5, 5.41) is 10.6. The van der Waals surface area contributed by atoms with Crippen LogP contribution < -0.4 is 15.8 Å². The van der Waals surface area contributed by atoms with Crippen molar-refractivity contribution in [2.45, 2.75) is 0 Å². The standard InChI is InChI=1S/C9H9N3O5/c10-9(16)12-7(13)4-17-6-3-11-2-1-5(6)8(14)15/h1-3H,4H2,(H,14,15)(H3,10,12,13,16). The van der Waals surface area contributed by atoms with Crippen LogP contribution in [0.4, 0.5) is 4.79 Å². The SMILES string of the molecule is NC(=O)NC(=O)COc1cnccc1C(=O)O. The summed E-state index contributed by atoms with van der Waals surface area (Å²) in [6.07, 6.45) is 2.43. The van der Waals surface area contributed by atoms with Crippen LogP contribution in [0.1, 0.15) is 10.4 Å². The van der Waals surface area contributed by atoms with Gasteiger partial charge in [0.05, 0.1) is 6.20 Å². The van der Waals surface area contributed by atoms with Gasteiger partial charge in [-0.3, -0.25) is 15.1 Å². The lowest BCUT2D eigenvalue weighted by Gasteiger charge is -2.07. The first-order valence-electron chi connectivity index (χ1n) is 4.40. The number of nitrogens with zero attached hydrogens (tertiary/aromatic N) is 1. The molecule has 0 radical (unpaired) electrons. The van der Waals surface area contributed by atoms with Gasteiger partial charge in [-0.25, -0.2) is 9.59 Å². The molecule has 0 atom stereocenters. The van der Waals surface area contributed by atoms with Crippen molar-refractivity contribution in [3.05, 3.63) is 24.0 Å². The van der Waals surface area contributed by atoms with Crippen molar-refractivity contribution in [3.63, 3.8) is 0 Å². The lowest BCUT2D eigenvalue weighted by Crippen LogP contribution is -2.38. The van der Waals surface area contributed by atoms with Gasteiger partial charge >= 0.3 is 12.0 Å². The Kier molecular flexibility index (Phi) is 3.98. The molecule has 0 aliphatic heterocycles. The van der Waals surface area contributed by atoms with E-state index >= 15 is 0 Å². The molecular weight excluding hydrogens is 230 g/mol. The van der Waals surface area contributed by atoms with E-state index in [-0.39, 0.29) is 11.3 Å². The highest BCUT2D eigenvalue weighted by Crippen LogP contribution is 2.15. The molecule has 0 aromatic carbocycles. The summed E-state index contributed by atoms with van der Waals surface area (Å²) in [4.78, 5) is 35.7. The Morgan fingerprint density at radius 2 is 2.18 bits per heavy atom. The summed E-state index contributed by atoms with van der Waals surface area (Å²) in [5.41, 5.74) is 4.58. The topological polar surface area (TPSA) is 132 Å². The van der Waals surface area contributed by atoms with Gasteiger partial charge in [-0.05, 0) is 6.07 Å². The van der Waals surface area contributed by atoms with Crippen molar-refractivity contribution in [2.24, 2.45) is 5.73 Å². The van der Waals surface area contributed by atoms with Crippen molar-refractivity contribution in [1.82, 2.24) is 10.3 Å². The molecule has 0 fully saturated rings. The quantitative estimate of drug-likeness (QED) is 0.639. The van der Waals surface area contributed by atoms with E-state index in [0.717, 1.165) is 6.20 Å². The molecule has 0 saturated heterocycles. The molecule has 1 heterocycles. The van der Waals surface area contributed by atoms with E-state index in [1.807, 2.05) is 0 Å². The Labute approximate surface area is 95.4 Å². The number of rotatable bonds is 4. The normalized spacial score (nSPS) is 9.41. The van der Waals surface area contributed by atoms with E-state index in [1.54, 1.807) is 5.32 Å². The molecule has 17 heavy (non-hydrogen) atoms. The van der Waals surface area contributed by atoms with Crippen molar-refractivity contribution >= 4 is 17.9 Å². The number of nitrogens with one attached hydrogen (secondary N) is 1. The number of amides is 3. The first-order valence-corrected chi connectivity index (χ1v) is 4.40. The molecule has 90 valence electrons. The molecule has 0 saturated carbocycles. The summed E-state index contributed by atoms with van der Waals surface area (Å²) < 4.78 is 4.90. The Morgan fingerprint density at radius 1 is 1.47 bits per heavy atom. The van der Waals surface area contributed by atoms with Gasteiger partial charge in [-0.2, -0.15) is 0 Å². The molecule has 1 rings (SSSR count). The number of urea groups is 1. The van der Waals surface area contributed by atoms with Gasteiger partial charge in [-0.1, -0.05) is 0 Å². The van der Waals surface area contributed by atoms with E-state index in [4.69, 9.17) is 15.6 Å². The van der Waals surface area contributed by atoms with Crippen LogP contribution in [0.2, 0.25) is 0 Å². The highest BCUT2D eigenvalue weighted by molar-refractivity contribution is 5.94. The molecule has 4 N–H and O–H groups in total. The molecule has 3 amide bonds. The number of hydrogen-bond donors (Lipinski definition) is 3. The number of ether oxygens (including phenoxy) is 1. The lowest BCUT2D eigenvalue weighted by atomic mass is 10.2. The predicted molar refractivity (Wildman–Crippen MR) is 54.4 cm³/mol. The average Bonchev–Trinajstić information content (AvgIpc) is 2.25. The summed E-state index contributed by atoms with van der Waals surface area (Å²) in [7, 11) is 0. The third-order valence-electron chi connectivity index (χ3n) is 1.64. The van der Waals surface area contributed by atoms with E-state index in [2.05, 4.69) is 4.98 Å². The fourth-order valence-corrected chi connectivity index (χ4v) is 0.988.